The molecule has 0 bridgehead atoms. The number of hydrogen-bond donors (Lipinski definition) is 0. The van der Waals surface area contributed by atoms with Gasteiger partial charge in [0.15, 0.2) is 8.32 Å². The molecule has 1 heterocycles. The second-order valence-corrected chi connectivity index (χ2v) is 15.6. The summed E-state index contributed by atoms with van der Waals surface area (Å²) < 4.78 is 67.1. The summed E-state index contributed by atoms with van der Waals surface area (Å²) >= 11 is 0. The fourth-order valence-corrected chi connectivity index (χ4v) is 4.21. The first-order valence-electron chi connectivity index (χ1n) is 7.54. The van der Waals surface area contributed by atoms with E-state index >= 15 is 0 Å². The first-order chi connectivity index (χ1) is 10.5. The third-order valence-corrected chi connectivity index (χ3v) is 9.88. The van der Waals surface area contributed by atoms with Crippen molar-refractivity contribution in [2.45, 2.75) is 57.2 Å². The third-order valence-electron chi connectivity index (χ3n) is 4.21. The minimum absolute atomic E-state index is 0.0263. The van der Waals surface area contributed by atoms with Crippen molar-refractivity contribution in [1.29, 1.82) is 0 Å². The molecule has 1 aliphatic heterocycles. The van der Waals surface area contributed by atoms with Gasteiger partial charge in [-0.05, 0) is 18.1 Å². The van der Waals surface area contributed by atoms with Crippen LogP contribution in [-0.4, -0.2) is 69.2 Å². The highest BCUT2D eigenvalue weighted by molar-refractivity contribution is 7.86. The van der Waals surface area contributed by atoms with Crippen LogP contribution in [0.15, 0.2) is 0 Å². The first-order valence-corrected chi connectivity index (χ1v) is 14.1. The summed E-state index contributed by atoms with van der Waals surface area (Å²) in [5.74, 6) is 0. The Balaban J connectivity index is 2.89. The van der Waals surface area contributed by atoms with E-state index in [1.54, 1.807) is 0 Å². The molecule has 11 heteroatoms. The molecule has 0 aromatic carbocycles. The Labute approximate surface area is 146 Å². The van der Waals surface area contributed by atoms with Gasteiger partial charge in [-0.2, -0.15) is 16.8 Å². The van der Waals surface area contributed by atoms with Gasteiger partial charge in [0.2, 0.25) is 0 Å². The molecule has 0 saturated carbocycles. The molecule has 0 amide bonds. The lowest BCUT2D eigenvalue weighted by atomic mass is 10.2. The maximum absolute atomic E-state index is 11.5. The van der Waals surface area contributed by atoms with E-state index in [-0.39, 0.29) is 18.3 Å². The summed E-state index contributed by atoms with van der Waals surface area (Å²) in [6.45, 7) is 10.4. The zero-order valence-electron chi connectivity index (χ0n) is 15.2. The lowest BCUT2D eigenvalue weighted by Crippen LogP contribution is -2.45. The van der Waals surface area contributed by atoms with Crippen molar-refractivity contribution in [1.82, 2.24) is 0 Å². The Bertz CT molecular complexity index is 635. The summed E-state index contributed by atoms with van der Waals surface area (Å²) in [6.07, 6.45) is -1.03. The van der Waals surface area contributed by atoms with Crippen LogP contribution in [-0.2, 0) is 37.8 Å². The molecule has 1 aliphatic rings. The van der Waals surface area contributed by atoms with Crippen molar-refractivity contribution >= 4 is 28.6 Å². The second kappa shape index (κ2) is 7.29. The van der Waals surface area contributed by atoms with Gasteiger partial charge in [0, 0.05) is 0 Å². The van der Waals surface area contributed by atoms with Crippen LogP contribution in [0.5, 0.6) is 0 Å². The molecule has 0 aliphatic carbocycles. The summed E-state index contributed by atoms with van der Waals surface area (Å²) in [7, 11) is -9.66. The lowest BCUT2D eigenvalue weighted by Gasteiger charge is -2.37. The van der Waals surface area contributed by atoms with Crippen LogP contribution >= 0.6 is 0 Å². The van der Waals surface area contributed by atoms with Crippen LogP contribution in [0.25, 0.3) is 0 Å². The molecule has 0 aromatic heterocycles. The van der Waals surface area contributed by atoms with Crippen LogP contribution in [0.3, 0.4) is 0 Å². The van der Waals surface area contributed by atoms with Gasteiger partial charge in [0.05, 0.1) is 25.7 Å². The third kappa shape index (κ3) is 6.69. The first kappa shape index (κ1) is 22.0. The number of rotatable bonds is 7. The fraction of sp³-hybridized carbons (Fsp3) is 1.00. The largest absolute Gasteiger partial charge is 0.414 e. The van der Waals surface area contributed by atoms with Crippen molar-refractivity contribution in [2.75, 3.05) is 25.7 Å². The van der Waals surface area contributed by atoms with Crippen molar-refractivity contribution in [3.05, 3.63) is 0 Å². The zero-order chi connectivity index (χ0) is 19.0. The van der Waals surface area contributed by atoms with E-state index < -0.39 is 46.9 Å². The molecule has 3 unspecified atom stereocenters. The highest BCUT2D eigenvalue weighted by Crippen LogP contribution is 2.37. The van der Waals surface area contributed by atoms with Crippen LogP contribution in [0.4, 0.5) is 0 Å². The number of hydrogen-bond acceptors (Lipinski definition) is 8. The summed E-state index contributed by atoms with van der Waals surface area (Å²) in [4.78, 5) is 0. The number of ether oxygens (including phenoxy) is 1. The van der Waals surface area contributed by atoms with Gasteiger partial charge in [-0.3, -0.25) is 8.37 Å². The van der Waals surface area contributed by atoms with Crippen molar-refractivity contribution in [2.24, 2.45) is 0 Å². The standard InChI is InChI=1S/C13H28O8S2Si/c1-13(2,3)24(6,7)19-9-10-12(21-23(5,16)17)11(8-18-10)20-22(4,14)15/h10-12H,8-9H2,1-7H3. The van der Waals surface area contributed by atoms with Gasteiger partial charge in [-0.25, -0.2) is 0 Å². The summed E-state index contributed by atoms with van der Waals surface area (Å²) in [5.41, 5.74) is 0. The minimum atomic E-state index is -3.81. The van der Waals surface area contributed by atoms with Crippen LogP contribution in [0, 0.1) is 0 Å². The summed E-state index contributed by atoms with van der Waals surface area (Å²) in [6, 6.07) is 0. The topological polar surface area (TPSA) is 105 Å². The Morgan fingerprint density at radius 2 is 1.54 bits per heavy atom. The molecule has 1 fully saturated rings. The Hall–Kier alpha value is -0.0431. The smallest absolute Gasteiger partial charge is 0.264 e. The van der Waals surface area contributed by atoms with E-state index in [4.69, 9.17) is 17.5 Å². The second-order valence-electron chi connectivity index (χ2n) is 7.55. The molecular formula is C13H28O8S2Si. The van der Waals surface area contributed by atoms with Gasteiger partial charge in [-0.1, -0.05) is 20.8 Å². The van der Waals surface area contributed by atoms with E-state index in [9.17, 15) is 16.8 Å². The lowest BCUT2D eigenvalue weighted by molar-refractivity contribution is 0.0151. The highest BCUT2D eigenvalue weighted by Gasteiger charge is 2.45. The molecule has 0 N–H and O–H groups in total. The maximum Gasteiger partial charge on any atom is 0.264 e. The average molecular weight is 405 g/mol. The highest BCUT2D eigenvalue weighted by atomic mass is 32.2. The Kier molecular flexibility index (Phi) is 6.68. The fourth-order valence-electron chi connectivity index (χ4n) is 1.93. The van der Waals surface area contributed by atoms with E-state index in [0.717, 1.165) is 12.5 Å². The van der Waals surface area contributed by atoms with Gasteiger partial charge in [0.25, 0.3) is 20.2 Å². The molecule has 1 rings (SSSR count). The van der Waals surface area contributed by atoms with E-state index in [1.165, 1.54) is 0 Å². The molecule has 1 saturated heterocycles. The molecule has 0 aromatic rings. The van der Waals surface area contributed by atoms with E-state index in [0.29, 0.717) is 0 Å². The van der Waals surface area contributed by atoms with E-state index in [2.05, 4.69) is 33.9 Å². The molecule has 144 valence electrons. The molecule has 24 heavy (non-hydrogen) atoms. The molecular weight excluding hydrogens is 376 g/mol. The van der Waals surface area contributed by atoms with Crippen LogP contribution in [0.1, 0.15) is 20.8 Å². The zero-order valence-corrected chi connectivity index (χ0v) is 17.9. The SMILES string of the molecule is CC(C)(C)[Si](C)(C)OCC1OCC(OS(C)(=O)=O)C1OS(C)(=O)=O. The van der Waals surface area contributed by atoms with Crippen molar-refractivity contribution < 1.29 is 34.4 Å². The monoisotopic (exact) mass is 404 g/mol. The average Bonchev–Trinajstić information content (AvgIpc) is 2.64. The van der Waals surface area contributed by atoms with Gasteiger partial charge in [0.1, 0.15) is 18.3 Å². The molecule has 0 spiro atoms. The molecule has 0 radical (unpaired) electrons. The minimum Gasteiger partial charge on any atom is -0.414 e. The molecule has 8 nitrogen and oxygen atoms in total. The Morgan fingerprint density at radius 3 is 1.96 bits per heavy atom. The normalized spacial score (nSPS) is 26.7. The van der Waals surface area contributed by atoms with Crippen LogP contribution < -0.4 is 0 Å². The predicted octanol–water partition coefficient (Wildman–Crippen LogP) is 1.10. The van der Waals surface area contributed by atoms with Crippen molar-refractivity contribution in [3.8, 4) is 0 Å². The summed E-state index contributed by atoms with van der Waals surface area (Å²) in [5, 5.41) is -0.0263. The predicted molar refractivity (Wildman–Crippen MR) is 92.3 cm³/mol. The Morgan fingerprint density at radius 1 is 1.04 bits per heavy atom. The molecule has 3 atom stereocenters. The van der Waals surface area contributed by atoms with Gasteiger partial charge < -0.3 is 9.16 Å². The van der Waals surface area contributed by atoms with Crippen molar-refractivity contribution in [3.63, 3.8) is 0 Å². The van der Waals surface area contributed by atoms with Gasteiger partial charge >= 0.3 is 0 Å². The quantitative estimate of drug-likeness (QED) is 0.459. The maximum atomic E-state index is 11.5. The van der Waals surface area contributed by atoms with Crippen LogP contribution in [0.2, 0.25) is 18.1 Å². The van der Waals surface area contributed by atoms with E-state index in [1.807, 2.05) is 0 Å². The van der Waals surface area contributed by atoms with Gasteiger partial charge in [-0.15, -0.1) is 0 Å².